The van der Waals surface area contributed by atoms with Crippen LogP contribution in [-0.4, -0.2) is 67.4 Å². The van der Waals surface area contributed by atoms with Crippen molar-refractivity contribution >= 4 is 33.3 Å². The average Bonchev–Trinajstić information content (AvgIpc) is 3.23. The second-order valence-electron chi connectivity index (χ2n) is 7.79. The zero-order chi connectivity index (χ0) is 20.5. The van der Waals surface area contributed by atoms with Crippen molar-refractivity contribution in [3.63, 3.8) is 0 Å². The molecule has 2 N–H and O–H groups in total. The van der Waals surface area contributed by atoms with E-state index in [2.05, 4.69) is 20.1 Å². The molecular weight excluding hydrogens is 400 g/mol. The molecule has 0 spiro atoms. The van der Waals surface area contributed by atoms with E-state index in [4.69, 9.17) is 14.7 Å². The molecule has 2 aliphatic rings. The summed E-state index contributed by atoms with van der Waals surface area (Å²) in [6, 6.07) is 8.27. The number of benzene rings is 1. The molecule has 2 fully saturated rings. The smallest absolute Gasteiger partial charge is 0.264 e. The van der Waals surface area contributed by atoms with Crippen LogP contribution >= 0.6 is 11.3 Å². The summed E-state index contributed by atoms with van der Waals surface area (Å²) >= 11 is 1.54. The van der Waals surface area contributed by atoms with Gasteiger partial charge in [0.2, 0.25) is 5.95 Å². The second kappa shape index (κ2) is 8.33. The molecule has 1 aromatic carbocycles. The van der Waals surface area contributed by atoms with Gasteiger partial charge in [-0.15, -0.1) is 11.3 Å². The fourth-order valence-corrected chi connectivity index (χ4v) is 5.14. The van der Waals surface area contributed by atoms with Crippen LogP contribution in [0.1, 0.15) is 12.8 Å². The number of aromatic amines is 1. The number of morpholine rings is 1. The SMILES string of the molecule is CN(c1nc(N2CCOCC2)[nH]c(=O)c1-c1nc2ccccc2s1)[C@@H]1CCCNC1. The first-order chi connectivity index (χ1) is 14.7. The predicted octanol–water partition coefficient (Wildman–Crippen LogP) is 2.07. The first kappa shape index (κ1) is 19.5. The van der Waals surface area contributed by atoms with Gasteiger partial charge < -0.3 is 19.9 Å². The van der Waals surface area contributed by atoms with E-state index in [-0.39, 0.29) is 5.56 Å². The Morgan fingerprint density at radius 1 is 1.23 bits per heavy atom. The fourth-order valence-electron chi connectivity index (χ4n) is 4.14. The van der Waals surface area contributed by atoms with Gasteiger partial charge >= 0.3 is 0 Å². The Kier molecular flexibility index (Phi) is 5.41. The third kappa shape index (κ3) is 3.68. The number of ether oxygens (including phenoxy) is 1. The van der Waals surface area contributed by atoms with Gasteiger partial charge in [0.25, 0.3) is 5.56 Å². The van der Waals surface area contributed by atoms with Gasteiger partial charge in [0, 0.05) is 32.7 Å². The van der Waals surface area contributed by atoms with Crippen molar-refractivity contribution < 1.29 is 4.74 Å². The molecule has 3 aromatic rings. The number of nitrogens with one attached hydrogen (secondary N) is 2. The standard InChI is InChI=1S/C21H26N6O2S/c1-26(14-5-4-8-22-13-14)18-17(20-23-15-6-2-3-7-16(15)30-20)19(28)25-21(24-18)27-9-11-29-12-10-27/h2-3,6-7,14,22H,4-5,8-13H2,1H3,(H,24,25,28)/t14-/m1/s1. The predicted molar refractivity (Wildman–Crippen MR) is 121 cm³/mol. The molecule has 0 bridgehead atoms. The highest BCUT2D eigenvalue weighted by Crippen LogP contribution is 2.34. The normalized spacial score (nSPS) is 19.9. The number of nitrogens with zero attached hydrogens (tertiary/aromatic N) is 4. The Hall–Kier alpha value is -2.49. The Morgan fingerprint density at radius 2 is 2.07 bits per heavy atom. The highest BCUT2D eigenvalue weighted by atomic mass is 32.1. The molecule has 0 unspecified atom stereocenters. The summed E-state index contributed by atoms with van der Waals surface area (Å²) in [4.78, 5) is 30.3. The molecule has 9 heteroatoms. The average molecular weight is 427 g/mol. The van der Waals surface area contributed by atoms with E-state index in [0.29, 0.717) is 41.6 Å². The Bertz CT molecular complexity index is 1050. The molecule has 2 aromatic heterocycles. The summed E-state index contributed by atoms with van der Waals surface area (Å²) in [5.74, 6) is 1.31. The largest absolute Gasteiger partial charge is 0.378 e. The third-order valence-corrected chi connectivity index (χ3v) is 6.91. The summed E-state index contributed by atoms with van der Waals surface area (Å²) in [5.41, 5.74) is 1.32. The summed E-state index contributed by atoms with van der Waals surface area (Å²) in [6.45, 7) is 4.64. The molecule has 0 radical (unpaired) electrons. The maximum absolute atomic E-state index is 13.3. The van der Waals surface area contributed by atoms with E-state index in [1.54, 1.807) is 0 Å². The zero-order valence-corrected chi connectivity index (χ0v) is 17.9. The van der Waals surface area contributed by atoms with Gasteiger partial charge in [-0.05, 0) is 31.5 Å². The lowest BCUT2D eigenvalue weighted by Crippen LogP contribution is -2.45. The van der Waals surface area contributed by atoms with Crippen LogP contribution < -0.4 is 20.7 Å². The van der Waals surface area contributed by atoms with Crippen LogP contribution in [0.4, 0.5) is 11.8 Å². The van der Waals surface area contributed by atoms with Crippen LogP contribution in [0, 0.1) is 0 Å². The Morgan fingerprint density at radius 3 is 2.83 bits per heavy atom. The molecule has 1 atom stereocenters. The van der Waals surface area contributed by atoms with E-state index in [0.717, 1.165) is 49.2 Å². The third-order valence-electron chi connectivity index (χ3n) is 5.86. The first-order valence-electron chi connectivity index (χ1n) is 10.5. The van der Waals surface area contributed by atoms with Crippen molar-refractivity contribution in [2.45, 2.75) is 18.9 Å². The number of anilines is 2. The van der Waals surface area contributed by atoms with E-state index >= 15 is 0 Å². The lowest BCUT2D eigenvalue weighted by molar-refractivity contribution is 0.122. The monoisotopic (exact) mass is 426 g/mol. The number of fused-ring (bicyclic) bond motifs is 1. The molecule has 2 saturated heterocycles. The number of hydrogen-bond acceptors (Lipinski definition) is 8. The van der Waals surface area contributed by atoms with Gasteiger partial charge in [-0.1, -0.05) is 12.1 Å². The lowest BCUT2D eigenvalue weighted by Gasteiger charge is -2.34. The van der Waals surface area contributed by atoms with Gasteiger partial charge in [0.15, 0.2) is 0 Å². The Labute approximate surface area is 178 Å². The highest BCUT2D eigenvalue weighted by Gasteiger charge is 2.27. The minimum Gasteiger partial charge on any atom is -0.378 e. The topological polar surface area (TPSA) is 86.4 Å². The van der Waals surface area contributed by atoms with Crippen LogP contribution in [0.25, 0.3) is 20.8 Å². The van der Waals surface area contributed by atoms with Crippen molar-refractivity contribution in [3.8, 4) is 10.6 Å². The molecule has 2 aliphatic heterocycles. The van der Waals surface area contributed by atoms with E-state index in [1.807, 2.05) is 31.3 Å². The van der Waals surface area contributed by atoms with E-state index in [9.17, 15) is 4.79 Å². The molecule has 0 aliphatic carbocycles. The van der Waals surface area contributed by atoms with Crippen molar-refractivity contribution in [2.24, 2.45) is 0 Å². The highest BCUT2D eigenvalue weighted by molar-refractivity contribution is 7.21. The molecule has 0 saturated carbocycles. The van der Waals surface area contributed by atoms with Crippen molar-refractivity contribution in [3.05, 3.63) is 34.6 Å². The number of H-pyrrole nitrogens is 1. The van der Waals surface area contributed by atoms with Crippen LogP contribution in [0.2, 0.25) is 0 Å². The van der Waals surface area contributed by atoms with Crippen LogP contribution in [0.5, 0.6) is 0 Å². The number of thiazole rings is 1. The zero-order valence-electron chi connectivity index (χ0n) is 17.1. The summed E-state index contributed by atoms with van der Waals surface area (Å²) in [6.07, 6.45) is 2.19. The van der Waals surface area contributed by atoms with Crippen LogP contribution in [0.15, 0.2) is 29.1 Å². The van der Waals surface area contributed by atoms with E-state index < -0.39 is 0 Å². The van der Waals surface area contributed by atoms with Gasteiger partial charge in [-0.2, -0.15) is 4.98 Å². The summed E-state index contributed by atoms with van der Waals surface area (Å²) in [5, 5.41) is 4.18. The molecule has 4 heterocycles. The lowest BCUT2D eigenvalue weighted by atomic mass is 10.1. The number of aromatic nitrogens is 3. The molecular formula is C21H26N6O2S. The maximum atomic E-state index is 13.3. The number of hydrogen-bond donors (Lipinski definition) is 2. The van der Waals surface area contributed by atoms with Crippen molar-refractivity contribution in [2.75, 3.05) is 56.2 Å². The minimum absolute atomic E-state index is 0.142. The quantitative estimate of drug-likeness (QED) is 0.660. The van der Waals surface area contributed by atoms with Gasteiger partial charge in [-0.25, -0.2) is 4.98 Å². The maximum Gasteiger partial charge on any atom is 0.264 e. The molecule has 5 rings (SSSR count). The number of piperidine rings is 1. The van der Waals surface area contributed by atoms with Gasteiger partial charge in [-0.3, -0.25) is 9.78 Å². The van der Waals surface area contributed by atoms with Crippen molar-refractivity contribution in [1.82, 2.24) is 20.3 Å². The molecule has 8 nitrogen and oxygen atoms in total. The van der Waals surface area contributed by atoms with Gasteiger partial charge in [0.05, 0.1) is 23.4 Å². The summed E-state index contributed by atoms with van der Waals surface area (Å²) in [7, 11) is 2.04. The van der Waals surface area contributed by atoms with Crippen LogP contribution in [0.3, 0.4) is 0 Å². The second-order valence-corrected chi connectivity index (χ2v) is 8.82. The number of likely N-dealkylation sites (N-methyl/N-ethyl adjacent to an activating group) is 1. The molecule has 158 valence electrons. The van der Waals surface area contributed by atoms with Gasteiger partial charge in [0.1, 0.15) is 16.4 Å². The molecule has 30 heavy (non-hydrogen) atoms. The first-order valence-corrected chi connectivity index (χ1v) is 11.3. The van der Waals surface area contributed by atoms with Crippen molar-refractivity contribution in [1.29, 1.82) is 0 Å². The summed E-state index contributed by atoms with van der Waals surface area (Å²) < 4.78 is 6.53. The molecule has 0 amide bonds. The number of para-hydroxylation sites is 1. The Balaban J connectivity index is 1.63. The van der Waals surface area contributed by atoms with E-state index in [1.165, 1.54) is 11.3 Å². The fraction of sp³-hybridized carbons (Fsp3) is 0.476. The number of rotatable bonds is 4. The minimum atomic E-state index is -0.142. The van der Waals surface area contributed by atoms with Crippen LogP contribution in [-0.2, 0) is 4.74 Å².